The highest BCUT2D eigenvalue weighted by molar-refractivity contribution is 6.09. The van der Waals surface area contributed by atoms with E-state index in [-0.39, 0.29) is 0 Å². The molecular formula is C16H16N2O3. The van der Waals surface area contributed by atoms with Crippen molar-refractivity contribution in [2.75, 3.05) is 25.1 Å². The summed E-state index contributed by atoms with van der Waals surface area (Å²) in [5.41, 5.74) is 2.90. The Kier molecular flexibility index (Phi) is 2.58. The molecule has 108 valence electrons. The molecule has 0 unspecified atom stereocenters. The number of hydrogen-bond donors (Lipinski definition) is 1. The number of pyridine rings is 1. The van der Waals surface area contributed by atoms with E-state index in [9.17, 15) is 9.90 Å². The van der Waals surface area contributed by atoms with Crippen LogP contribution in [0.3, 0.4) is 0 Å². The quantitative estimate of drug-likeness (QED) is 0.918. The van der Waals surface area contributed by atoms with E-state index in [4.69, 9.17) is 9.72 Å². The van der Waals surface area contributed by atoms with Crippen LogP contribution < -0.4 is 9.64 Å². The molecule has 1 aromatic carbocycles. The number of fused-ring (bicyclic) bond motifs is 3. The number of aromatic carboxylic acids is 1. The van der Waals surface area contributed by atoms with Crippen LogP contribution in [0.2, 0.25) is 0 Å². The van der Waals surface area contributed by atoms with E-state index in [0.717, 1.165) is 42.8 Å². The smallest absolute Gasteiger partial charge is 0.338 e. The van der Waals surface area contributed by atoms with Crippen molar-refractivity contribution < 1.29 is 14.6 Å². The van der Waals surface area contributed by atoms with Crippen molar-refractivity contribution in [3.63, 3.8) is 0 Å². The van der Waals surface area contributed by atoms with E-state index < -0.39 is 5.97 Å². The van der Waals surface area contributed by atoms with E-state index >= 15 is 0 Å². The molecule has 1 saturated heterocycles. The van der Waals surface area contributed by atoms with Crippen molar-refractivity contribution in [2.45, 2.75) is 18.8 Å². The van der Waals surface area contributed by atoms with Gasteiger partial charge in [0.15, 0.2) is 0 Å². The molecule has 1 fully saturated rings. The average Bonchev–Trinajstić information content (AvgIpc) is 2.53. The number of aromatic nitrogens is 1. The molecular weight excluding hydrogens is 268 g/mol. The molecule has 0 aliphatic carbocycles. The molecule has 21 heavy (non-hydrogen) atoms. The summed E-state index contributed by atoms with van der Waals surface area (Å²) in [5, 5.41) is 10.4. The van der Waals surface area contributed by atoms with E-state index in [1.807, 2.05) is 12.1 Å². The number of hydrogen-bond acceptors (Lipinski definition) is 4. The first kappa shape index (κ1) is 12.4. The van der Waals surface area contributed by atoms with Gasteiger partial charge >= 0.3 is 5.97 Å². The molecule has 2 bridgehead atoms. The zero-order chi connectivity index (χ0) is 14.6. The van der Waals surface area contributed by atoms with Gasteiger partial charge in [0.05, 0.1) is 29.6 Å². The Labute approximate surface area is 122 Å². The Balaban J connectivity index is 2.09. The molecule has 5 rings (SSSR count). The van der Waals surface area contributed by atoms with Gasteiger partial charge in [0.1, 0.15) is 5.75 Å². The summed E-state index contributed by atoms with van der Waals surface area (Å²) in [6.45, 7) is 1.85. The number of rotatable bonds is 2. The van der Waals surface area contributed by atoms with Gasteiger partial charge in [0, 0.05) is 24.4 Å². The summed E-state index contributed by atoms with van der Waals surface area (Å²) in [7, 11) is 1.58. The first-order valence-electron chi connectivity index (χ1n) is 7.19. The second-order valence-electron chi connectivity index (χ2n) is 5.67. The number of piperidine rings is 1. The number of carboxylic acids is 1. The molecule has 3 aliphatic rings. The highest BCUT2D eigenvalue weighted by Gasteiger charge is 2.36. The molecule has 0 spiro atoms. The van der Waals surface area contributed by atoms with Crippen LogP contribution in [0, 0.1) is 0 Å². The Hall–Kier alpha value is -2.30. The number of anilines is 1. The van der Waals surface area contributed by atoms with Gasteiger partial charge < -0.3 is 14.7 Å². The normalized spacial score (nSPS) is 17.1. The molecule has 0 saturated carbocycles. The third kappa shape index (κ3) is 1.70. The Bertz CT molecular complexity index is 749. The maximum Gasteiger partial charge on any atom is 0.338 e. The van der Waals surface area contributed by atoms with Crippen LogP contribution in [0.25, 0.3) is 10.9 Å². The van der Waals surface area contributed by atoms with Gasteiger partial charge in [-0.05, 0) is 31.0 Å². The van der Waals surface area contributed by atoms with Gasteiger partial charge in [-0.2, -0.15) is 0 Å². The van der Waals surface area contributed by atoms with Gasteiger partial charge in [-0.1, -0.05) is 0 Å². The monoisotopic (exact) mass is 284 g/mol. The molecule has 5 heteroatoms. The number of carbonyl (C=O) groups is 1. The van der Waals surface area contributed by atoms with Gasteiger partial charge in [-0.25, -0.2) is 4.79 Å². The second kappa shape index (κ2) is 4.35. The van der Waals surface area contributed by atoms with Crippen LogP contribution in [-0.2, 0) is 0 Å². The van der Waals surface area contributed by atoms with Crippen molar-refractivity contribution in [3.8, 4) is 5.75 Å². The number of methoxy groups -OCH3 is 1. The first-order chi connectivity index (χ1) is 10.2. The average molecular weight is 284 g/mol. The fourth-order valence-corrected chi connectivity index (χ4v) is 3.58. The van der Waals surface area contributed by atoms with Crippen LogP contribution in [0.15, 0.2) is 18.2 Å². The fourth-order valence-electron chi connectivity index (χ4n) is 3.58. The summed E-state index contributed by atoms with van der Waals surface area (Å²) in [4.78, 5) is 18.8. The predicted octanol–water partition coefficient (Wildman–Crippen LogP) is 2.64. The van der Waals surface area contributed by atoms with Gasteiger partial charge in [0.25, 0.3) is 0 Å². The zero-order valence-corrected chi connectivity index (χ0v) is 11.8. The summed E-state index contributed by atoms with van der Waals surface area (Å²) < 4.78 is 5.23. The third-order valence-electron chi connectivity index (χ3n) is 4.61. The summed E-state index contributed by atoms with van der Waals surface area (Å²) in [6, 6.07) is 5.45. The number of benzene rings is 1. The standard InChI is InChI=1S/C16H16N2O3/c1-21-10-2-3-12-11(8-10)13(16(19)20)15-14(17-12)9-4-6-18(15)7-5-9/h2-3,8-9H,4-7H2,1H3,(H,19,20). The maximum absolute atomic E-state index is 11.9. The van der Waals surface area contributed by atoms with Crippen LogP contribution in [0.5, 0.6) is 5.75 Å². The molecule has 1 aromatic heterocycles. The predicted molar refractivity (Wildman–Crippen MR) is 79.4 cm³/mol. The number of carboxylic acid groups (broad SMARTS) is 1. The molecule has 4 heterocycles. The van der Waals surface area contributed by atoms with Crippen molar-refractivity contribution in [3.05, 3.63) is 29.5 Å². The van der Waals surface area contributed by atoms with Crippen molar-refractivity contribution in [1.29, 1.82) is 0 Å². The van der Waals surface area contributed by atoms with E-state index in [2.05, 4.69) is 4.90 Å². The molecule has 5 nitrogen and oxygen atoms in total. The molecule has 0 amide bonds. The van der Waals surface area contributed by atoms with Crippen LogP contribution in [-0.4, -0.2) is 36.3 Å². The number of nitrogens with zero attached hydrogens (tertiary/aromatic N) is 2. The van der Waals surface area contributed by atoms with Crippen molar-refractivity contribution in [2.24, 2.45) is 0 Å². The Morgan fingerprint density at radius 2 is 2.14 bits per heavy atom. The highest BCUT2D eigenvalue weighted by Crippen LogP contribution is 2.45. The van der Waals surface area contributed by atoms with E-state index in [1.165, 1.54) is 0 Å². The minimum atomic E-state index is -0.889. The summed E-state index contributed by atoms with van der Waals surface area (Å²) in [5.74, 6) is 0.164. The lowest BCUT2D eigenvalue weighted by Crippen LogP contribution is -2.40. The molecule has 3 aliphatic heterocycles. The van der Waals surface area contributed by atoms with Crippen LogP contribution in [0.4, 0.5) is 5.69 Å². The van der Waals surface area contributed by atoms with Gasteiger partial charge in [0.2, 0.25) is 0 Å². The van der Waals surface area contributed by atoms with Crippen molar-refractivity contribution in [1.82, 2.24) is 4.98 Å². The molecule has 2 aromatic rings. The second-order valence-corrected chi connectivity index (χ2v) is 5.67. The lowest BCUT2D eigenvalue weighted by Gasteiger charge is -2.42. The number of ether oxygens (including phenoxy) is 1. The van der Waals surface area contributed by atoms with Crippen molar-refractivity contribution >= 4 is 22.6 Å². The van der Waals surface area contributed by atoms with Crippen LogP contribution in [0.1, 0.15) is 34.8 Å². The summed E-state index contributed by atoms with van der Waals surface area (Å²) in [6.07, 6.45) is 2.14. The minimum absolute atomic E-state index is 0.373. The SMILES string of the molecule is COc1ccc2nc3c(c(C(=O)O)c2c1)N1CCC3CC1. The lowest BCUT2D eigenvalue weighted by molar-refractivity contribution is 0.0699. The summed E-state index contributed by atoms with van der Waals surface area (Å²) >= 11 is 0. The Morgan fingerprint density at radius 3 is 2.81 bits per heavy atom. The zero-order valence-electron chi connectivity index (χ0n) is 11.8. The minimum Gasteiger partial charge on any atom is -0.497 e. The molecule has 0 radical (unpaired) electrons. The van der Waals surface area contributed by atoms with E-state index in [1.54, 1.807) is 13.2 Å². The molecule has 1 N–H and O–H groups in total. The lowest BCUT2D eigenvalue weighted by atomic mass is 9.84. The highest BCUT2D eigenvalue weighted by atomic mass is 16.5. The molecule has 0 atom stereocenters. The Morgan fingerprint density at radius 1 is 1.38 bits per heavy atom. The van der Waals surface area contributed by atoms with Gasteiger partial charge in [-0.3, -0.25) is 4.98 Å². The first-order valence-corrected chi connectivity index (χ1v) is 7.19. The topological polar surface area (TPSA) is 62.7 Å². The van der Waals surface area contributed by atoms with Crippen LogP contribution >= 0.6 is 0 Å². The largest absolute Gasteiger partial charge is 0.497 e. The third-order valence-corrected chi connectivity index (χ3v) is 4.61. The van der Waals surface area contributed by atoms with E-state index in [0.29, 0.717) is 22.6 Å². The fraction of sp³-hybridized carbons (Fsp3) is 0.375. The van der Waals surface area contributed by atoms with Gasteiger partial charge in [-0.15, -0.1) is 0 Å². The maximum atomic E-state index is 11.9.